The van der Waals surface area contributed by atoms with Crippen LogP contribution < -0.4 is 15.0 Å². The molecule has 5 rings (SSSR count). The van der Waals surface area contributed by atoms with Crippen molar-refractivity contribution in [2.45, 2.75) is 25.4 Å². The van der Waals surface area contributed by atoms with Crippen molar-refractivity contribution in [2.24, 2.45) is 0 Å². The van der Waals surface area contributed by atoms with Crippen LogP contribution in [0.25, 0.3) is 20.7 Å². The summed E-state index contributed by atoms with van der Waals surface area (Å²) in [6.07, 6.45) is 3.18. The highest BCUT2D eigenvalue weighted by Gasteiger charge is 2.32. The molecule has 0 radical (unpaired) electrons. The molecule has 1 fully saturated rings. The minimum absolute atomic E-state index is 0.0525. The van der Waals surface area contributed by atoms with Gasteiger partial charge in [0.15, 0.2) is 0 Å². The normalized spacial score (nSPS) is 15.6. The molecule has 1 atom stereocenters. The molecule has 1 aliphatic rings. The number of hydrogen-bond donors (Lipinski definition) is 0. The topological polar surface area (TPSA) is 73.7 Å². The predicted molar refractivity (Wildman–Crippen MR) is 133 cm³/mol. The van der Waals surface area contributed by atoms with Crippen LogP contribution in [0, 0.1) is 0 Å². The molecule has 0 saturated carbocycles. The molecule has 34 heavy (non-hydrogen) atoms. The number of carbonyl (C=O) groups is 1. The standard InChI is InChI=1S/C26H25N3O4S/c1-32-18-10-11-22(33-2)19(13-18)21-9-6-12-29(21)24(30)15-28-16-27-20-14-23(34-25(20)26(28)31)17-7-4-3-5-8-17/h3-5,7-8,10-11,13-14,16,21H,6,9,12,15H2,1-2H3. The monoisotopic (exact) mass is 475 g/mol. The van der Waals surface area contributed by atoms with E-state index >= 15 is 0 Å². The number of likely N-dealkylation sites (tertiary alicyclic amines) is 1. The number of amides is 1. The van der Waals surface area contributed by atoms with Gasteiger partial charge in [-0.15, -0.1) is 11.3 Å². The Labute approximate surface area is 201 Å². The molecule has 2 aromatic carbocycles. The number of fused-ring (bicyclic) bond motifs is 1. The second-order valence-corrected chi connectivity index (χ2v) is 9.27. The third-order valence-electron chi connectivity index (χ3n) is 6.24. The van der Waals surface area contributed by atoms with Crippen LogP contribution in [0.4, 0.5) is 0 Å². The summed E-state index contributed by atoms with van der Waals surface area (Å²) in [5, 5.41) is 0. The van der Waals surface area contributed by atoms with Crippen LogP contribution in [0.3, 0.4) is 0 Å². The van der Waals surface area contributed by atoms with E-state index in [1.165, 1.54) is 22.2 Å². The number of ether oxygens (including phenoxy) is 2. The maximum absolute atomic E-state index is 13.3. The number of carbonyl (C=O) groups excluding carboxylic acids is 1. The smallest absolute Gasteiger partial charge is 0.271 e. The highest BCUT2D eigenvalue weighted by molar-refractivity contribution is 7.22. The quantitative estimate of drug-likeness (QED) is 0.410. The maximum Gasteiger partial charge on any atom is 0.271 e. The van der Waals surface area contributed by atoms with Gasteiger partial charge in [-0.2, -0.15) is 0 Å². The third-order valence-corrected chi connectivity index (χ3v) is 7.40. The van der Waals surface area contributed by atoms with Gasteiger partial charge in [0.05, 0.1) is 32.1 Å². The van der Waals surface area contributed by atoms with E-state index in [0.29, 0.717) is 22.5 Å². The first kappa shape index (κ1) is 22.2. The summed E-state index contributed by atoms with van der Waals surface area (Å²) in [5.74, 6) is 1.32. The molecule has 0 bridgehead atoms. The molecular weight excluding hydrogens is 450 g/mol. The molecule has 0 aliphatic carbocycles. The van der Waals surface area contributed by atoms with Gasteiger partial charge in [0.25, 0.3) is 5.56 Å². The second kappa shape index (κ2) is 9.30. The van der Waals surface area contributed by atoms with E-state index in [0.717, 1.165) is 34.6 Å². The Bertz CT molecular complexity index is 1400. The lowest BCUT2D eigenvalue weighted by Crippen LogP contribution is -2.36. The number of benzene rings is 2. The SMILES string of the molecule is COc1ccc(OC)c(C2CCCN2C(=O)Cn2cnc3cc(-c4ccccc4)sc3c2=O)c1. The van der Waals surface area contributed by atoms with Gasteiger partial charge in [0.1, 0.15) is 22.7 Å². The molecule has 4 aromatic rings. The van der Waals surface area contributed by atoms with Crippen LogP contribution in [0.5, 0.6) is 11.5 Å². The number of rotatable bonds is 6. The van der Waals surface area contributed by atoms with Gasteiger partial charge in [0.2, 0.25) is 5.91 Å². The Kier molecular flexibility index (Phi) is 6.06. The lowest BCUT2D eigenvalue weighted by Gasteiger charge is -2.27. The number of hydrogen-bond acceptors (Lipinski definition) is 6. The molecule has 1 unspecified atom stereocenters. The molecule has 2 aromatic heterocycles. The fourth-order valence-electron chi connectivity index (χ4n) is 4.53. The fraction of sp³-hybridized carbons (Fsp3) is 0.269. The van der Waals surface area contributed by atoms with Crippen LogP contribution in [0.1, 0.15) is 24.4 Å². The zero-order chi connectivity index (χ0) is 23.7. The largest absolute Gasteiger partial charge is 0.497 e. The summed E-state index contributed by atoms with van der Waals surface area (Å²) in [6, 6.07) is 17.3. The average molecular weight is 476 g/mol. The van der Waals surface area contributed by atoms with Gasteiger partial charge < -0.3 is 14.4 Å². The van der Waals surface area contributed by atoms with Crippen molar-refractivity contribution in [3.63, 3.8) is 0 Å². The summed E-state index contributed by atoms with van der Waals surface area (Å²) in [7, 11) is 3.24. The Morgan fingerprint density at radius 2 is 1.94 bits per heavy atom. The Morgan fingerprint density at radius 1 is 1.12 bits per heavy atom. The molecule has 1 aliphatic heterocycles. The van der Waals surface area contributed by atoms with Gasteiger partial charge in [-0.3, -0.25) is 14.2 Å². The van der Waals surface area contributed by atoms with E-state index in [4.69, 9.17) is 9.47 Å². The first-order valence-electron chi connectivity index (χ1n) is 11.1. The van der Waals surface area contributed by atoms with Crippen molar-refractivity contribution < 1.29 is 14.3 Å². The number of aromatic nitrogens is 2. The highest BCUT2D eigenvalue weighted by Crippen LogP contribution is 2.39. The summed E-state index contributed by atoms with van der Waals surface area (Å²) >= 11 is 1.41. The van der Waals surface area contributed by atoms with Crippen molar-refractivity contribution in [2.75, 3.05) is 20.8 Å². The fourth-order valence-corrected chi connectivity index (χ4v) is 5.59. The first-order valence-corrected chi connectivity index (χ1v) is 12.0. The van der Waals surface area contributed by atoms with Gasteiger partial charge in [-0.25, -0.2) is 4.98 Å². The zero-order valence-electron chi connectivity index (χ0n) is 19.1. The molecule has 0 N–H and O–H groups in total. The molecule has 7 nitrogen and oxygen atoms in total. The molecule has 1 amide bonds. The average Bonchev–Trinajstić information content (AvgIpc) is 3.54. The van der Waals surface area contributed by atoms with Crippen molar-refractivity contribution in [3.8, 4) is 21.9 Å². The van der Waals surface area contributed by atoms with Crippen molar-refractivity contribution >= 4 is 27.5 Å². The zero-order valence-corrected chi connectivity index (χ0v) is 19.9. The molecule has 174 valence electrons. The second-order valence-electron chi connectivity index (χ2n) is 8.22. The minimum Gasteiger partial charge on any atom is -0.497 e. The lowest BCUT2D eigenvalue weighted by atomic mass is 10.0. The van der Waals surface area contributed by atoms with Gasteiger partial charge in [0, 0.05) is 17.0 Å². The van der Waals surface area contributed by atoms with E-state index < -0.39 is 0 Å². The first-order chi connectivity index (χ1) is 16.6. The third kappa shape index (κ3) is 4.05. The minimum atomic E-state index is -0.194. The lowest BCUT2D eigenvalue weighted by molar-refractivity contribution is -0.132. The van der Waals surface area contributed by atoms with Gasteiger partial charge in [-0.1, -0.05) is 30.3 Å². The molecule has 3 heterocycles. The number of nitrogens with zero attached hydrogens (tertiary/aromatic N) is 3. The Balaban J connectivity index is 1.42. The van der Waals surface area contributed by atoms with E-state index in [1.54, 1.807) is 14.2 Å². The summed E-state index contributed by atoms with van der Waals surface area (Å²) in [5.41, 5.74) is 2.41. The Hall–Kier alpha value is -3.65. The van der Waals surface area contributed by atoms with Crippen LogP contribution in [-0.4, -0.2) is 41.1 Å². The summed E-state index contributed by atoms with van der Waals surface area (Å²) in [4.78, 5) is 33.8. The van der Waals surface area contributed by atoms with Crippen molar-refractivity contribution in [1.82, 2.24) is 14.5 Å². The van der Waals surface area contributed by atoms with E-state index in [2.05, 4.69) is 4.98 Å². The summed E-state index contributed by atoms with van der Waals surface area (Å²) in [6.45, 7) is 0.578. The maximum atomic E-state index is 13.3. The van der Waals surface area contributed by atoms with E-state index in [9.17, 15) is 9.59 Å². The summed E-state index contributed by atoms with van der Waals surface area (Å²) < 4.78 is 12.9. The number of thiophene rings is 1. The molecular formula is C26H25N3O4S. The van der Waals surface area contributed by atoms with Crippen molar-refractivity contribution in [1.29, 1.82) is 0 Å². The highest BCUT2D eigenvalue weighted by atomic mass is 32.1. The van der Waals surface area contributed by atoms with Crippen LogP contribution in [-0.2, 0) is 11.3 Å². The molecule has 1 saturated heterocycles. The molecule has 0 spiro atoms. The van der Waals surface area contributed by atoms with E-state index in [-0.39, 0.29) is 24.1 Å². The van der Waals surface area contributed by atoms with Gasteiger partial charge >= 0.3 is 0 Å². The van der Waals surface area contributed by atoms with Crippen LogP contribution in [0.2, 0.25) is 0 Å². The van der Waals surface area contributed by atoms with E-state index in [1.807, 2.05) is 59.5 Å². The van der Waals surface area contributed by atoms with Gasteiger partial charge in [-0.05, 0) is 42.7 Å². The van der Waals surface area contributed by atoms with Crippen LogP contribution >= 0.6 is 11.3 Å². The molecule has 8 heteroatoms. The van der Waals surface area contributed by atoms with Crippen LogP contribution in [0.15, 0.2) is 65.7 Å². The van der Waals surface area contributed by atoms with Crippen molar-refractivity contribution in [3.05, 3.63) is 76.8 Å². The number of methoxy groups -OCH3 is 2. The predicted octanol–water partition coefficient (Wildman–Crippen LogP) is 4.51. The Morgan fingerprint density at radius 3 is 2.71 bits per heavy atom.